The summed E-state index contributed by atoms with van der Waals surface area (Å²) in [5.74, 6) is -4.29. The minimum Gasteiger partial charge on any atom is -0.481 e. The van der Waals surface area contributed by atoms with Gasteiger partial charge in [-0.05, 0) is 56.2 Å². The van der Waals surface area contributed by atoms with Crippen LogP contribution >= 0.6 is 23.4 Å². The molecular formula is C24H23ClN2O6S. The Balaban J connectivity index is 1.64. The third kappa shape index (κ3) is 6.39. The molecule has 3 rings (SSSR count). The quantitative estimate of drug-likeness (QED) is 0.302. The van der Waals surface area contributed by atoms with E-state index in [2.05, 4.69) is 10.6 Å². The van der Waals surface area contributed by atoms with Gasteiger partial charge in [-0.2, -0.15) is 0 Å². The van der Waals surface area contributed by atoms with Crippen molar-refractivity contribution in [3.05, 3.63) is 65.2 Å². The summed E-state index contributed by atoms with van der Waals surface area (Å²) in [6, 6.07) is 11.0. The molecule has 2 amide bonds. The molecule has 1 aliphatic rings. The number of thioether (sulfide) groups is 1. The van der Waals surface area contributed by atoms with E-state index in [9.17, 15) is 24.3 Å². The van der Waals surface area contributed by atoms with Gasteiger partial charge in [-0.25, -0.2) is 4.79 Å². The summed E-state index contributed by atoms with van der Waals surface area (Å²) in [6.07, 6.45) is 4.27. The molecule has 0 spiro atoms. The molecule has 1 aliphatic carbocycles. The number of benzene rings is 2. The number of hydrogen-bond acceptors (Lipinski definition) is 5. The van der Waals surface area contributed by atoms with Crippen molar-refractivity contribution >= 4 is 58.5 Å². The van der Waals surface area contributed by atoms with Crippen molar-refractivity contribution in [2.24, 2.45) is 11.8 Å². The average Bonchev–Trinajstić information content (AvgIpc) is 2.80. The van der Waals surface area contributed by atoms with Gasteiger partial charge in [0.15, 0.2) is 0 Å². The average molecular weight is 503 g/mol. The molecule has 0 radical (unpaired) electrons. The Hall–Kier alpha value is -3.30. The summed E-state index contributed by atoms with van der Waals surface area (Å²) >= 11 is 7.32. The Kier molecular flexibility index (Phi) is 8.36. The van der Waals surface area contributed by atoms with Crippen LogP contribution in [0.2, 0.25) is 5.02 Å². The maximum atomic E-state index is 12.7. The molecule has 8 nitrogen and oxygen atoms in total. The standard InChI is InChI=1S/C24H23ClN2O6S/c1-13(21(28)27-20-11-14(23(30)31)9-10-19(20)25)34-16-6-4-5-15(12-16)26-22(29)17-7-2-3-8-18(17)24(32)33/h2-6,9-13,17-18H,7-8H2,1H3,(H,26,29)(H,27,28)(H,30,31)(H,32,33). The molecule has 3 unspecified atom stereocenters. The number of rotatable bonds is 8. The molecule has 2 aromatic carbocycles. The van der Waals surface area contributed by atoms with Crippen LogP contribution in [0.25, 0.3) is 0 Å². The van der Waals surface area contributed by atoms with Crippen molar-refractivity contribution in [3.8, 4) is 0 Å². The van der Waals surface area contributed by atoms with Gasteiger partial charge in [-0.3, -0.25) is 14.4 Å². The summed E-state index contributed by atoms with van der Waals surface area (Å²) in [5.41, 5.74) is 0.704. The number of aliphatic carboxylic acids is 1. The molecule has 178 valence electrons. The topological polar surface area (TPSA) is 133 Å². The van der Waals surface area contributed by atoms with Gasteiger partial charge in [0.1, 0.15) is 0 Å². The van der Waals surface area contributed by atoms with Crippen molar-refractivity contribution in [2.45, 2.75) is 29.9 Å². The number of nitrogens with one attached hydrogen (secondary N) is 2. The van der Waals surface area contributed by atoms with Gasteiger partial charge in [0.25, 0.3) is 0 Å². The Labute approximate surface area is 205 Å². The van der Waals surface area contributed by atoms with E-state index in [0.717, 1.165) is 0 Å². The van der Waals surface area contributed by atoms with Crippen molar-refractivity contribution in [1.29, 1.82) is 0 Å². The van der Waals surface area contributed by atoms with E-state index in [-0.39, 0.29) is 28.1 Å². The largest absolute Gasteiger partial charge is 0.481 e. The van der Waals surface area contributed by atoms with E-state index >= 15 is 0 Å². The van der Waals surface area contributed by atoms with Crippen LogP contribution < -0.4 is 10.6 Å². The van der Waals surface area contributed by atoms with Crippen molar-refractivity contribution in [1.82, 2.24) is 0 Å². The third-order valence-corrected chi connectivity index (χ3v) is 6.76. The van der Waals surface area contributed by atoms with Crippen LogP contribution in [0.5, 0.6) is 0 Å². The van der Waals surface area contributed by atoms with E-state index in [1.165, 1.54) is 30.0 Å². The normalized spacial score (nSPS) is 18.1. The SMILES string of the molecule is CC(Sc1cccc(NC(=O)C2CC=CCC2C(=O)O)c1)C(=O)Nc1cc(C(=O)O)ccc1Cl. The lowest BCUT2D eigenvalue weighted by Gasteiger charge is -2.24. The number of halogens is 1. The van der Waals surface area contributed by atoms with E-state index in [1.807, 2.05) is 6.08 Å². The number of carboxylic acid groups (broad SMARTS) is 2. The highest BCUT2D eigenvalue weighted by Gasteiger charge is 2.34. The molecule has 4 N–H and O–H groups in total. The monoisotopic (exact) mass is 502 g/mol. The maximum absolute atomic E-state index is 12.7. The number of anilines is 2. The first-order valence-corrected chi connectivity index (χ1v) is 11.7. The lowest BCUT2D eigenvalue weighted by Crippen LogP contribution is -2.34. The molecule has 0 fully saturated rings. The second kappa shape index (κ2) is 11.2. The highest BCUT2D eigenvalue weighted by Crippen LogP contribution is 2.30. The fourth-order valence-corrected chi connectivity index (χ4v) is 4.60. The first kappa shape index (κ1) is 25.3. The third-order valence-electron chi connectivity index (χ3n) is 5.34. The van der Waals surface area contributed by atoms with Gasteiger partial charge in [-0.1, -0.05) is 29.8 Å². The highest BCUT2D eigenvalue weighted by atomic mass is 35.5. The number of amides is 2. The lowest BCUT2D eigenvalue weighted by atomic mass is 9.82. The number of carboxylic acids is 2. The van der Waals surface area contributed by atoms with Crippen molar-refractivity contribution in [3.63, 3.8) is 0 Å². The van der Waals surface area contributed by atoms with Crippen LogP contribution in [0, 0.1) is 11.8 Å². The zero-order valence-electron chi connectivity index (χ0n) is 18.2. The summed E-state index contributed by atoms with van der Waals surface area (Å²) < 4.78 is 0. The molecule has 0 aromatic heterocycles. The van der Waals surface area contributed by atoms with Gasteiger partial charge in [0.2, 0.25) is 11.8 Å². The van der Waals surface area contributed by atoms with Crippen LogP contribution in [0.1, 0.15) is 30.1 Å². The summed E-state index contributed by atoms with van der Waals surface area (Å²) in [4.78, 5) is 48.7. The number of aromatic carboxylic acids is 1. The van der Waals surface area contributed by atoms with Gasteiger partial charge in [0, 0.05) is 10.6 Å². The first-order valence-electron chi connectivity index (χ1n) is 10.4. The smallest absolute Gasteiger partial charge is 0.335 e. The zero-order chi connectivity index (χ0) is 24.8. The second-order valence-electron chi connectivity index (χ2n) is 7.76. The van der Waals surface area contributed by atoms with Gasteiger partial charge < -0.3 is 20.8 Å². The molecule has 0 bridgehead atoms. The summed E-state index contributed by atoms with van der Waals surface area (Å²) in [5, 5.41) is 23.6. The molecule has 2 aromatic rings. The first-order chi connectivity index (χ1) is 16.2. The molecular weight excluding hydrogens is 480 g/mol. The predicted molar refractivity (Wildman–Crippen MR) is 130 cm³/mol. The Morgan fingerprint density at radius 1 is 1.00 bits per heavy atom. The number of carbonyl (C=O) groups excluding carboxylic acids is 2. The minimum atomic E-state index is -1.13. The molecule has 0 aliphatic heterocycles. The molecule has 10 heteroatoms. The van der Waals surface area contributed by atoms with Gasteiger partial charge >= 0.3 is 11.9 Å². The Bertz CT molecular complexity index is 1150. The number of carbonyl (C=O) groups is 4. The maximum Gasteiger partial charge on any atom is 0.335 e. The molecule has 3 atom stereocenters. The van der Waals surface area contributed by atoms with Crippen LogP contribution in [0.3, 0.4) is 0 Å². The van der Waals surface area contributed by atoms with E-state index in [0.29, 0.717) is 23.4 Å². The van der Waals surface area contributed by atoms with Crippen molar-refractivity contribution in [2.75, 3.05) is 10.6 Å². The molecule has 0 saturated carbocycles. The van der Waals surface area contributed by atoms with Gasteiger partial charge in [-0.15, -0.1) is 11.8 Å². The van der Waals surface area contributed by atoms with Gasteiger partial charge in [0.05, 0.1) is 33.4 Å². The zero-order valence-corrected chi connectivity index (χ0v) is 19.7. The van der Waals surface area contributed by atoms with Crippen LogP contribution in [-0.4, -0.2) is 39.2 Å². The second-order valence-corrected chi connectivity index (χ2v) is 9.58. The Morgan fingerprint density at radius 3 is 2.38 bits per heavy atom. The fourth-order valence-electron chi connectivity index (χ4n) is 3.51. The van der Waals surface area contributed by atoms with Crippen LogP contribution in [0.4, 0.5) is 11.4 Å². The Morgan fingerprint density at radius 2 is 1.71 bits per heavy atom. The van der Waals surface area contributed by atoms with Crippen molar-refractivity contribution < 1.29 is 29.4 Å². The van der Waals surface area contributed by atoms with E-state index in [4.69, 9.17) is 16.7 Å². The predicted octanol–water partition coefficient (Wildman–Crippen LogP) is 4.76. The number of allylic oxidation sites excluding steroid dienone is 2. The summed E-state index contributed by atoms with van der Waals surface area (Å²) in [7, 11) is 0. The van der Waals surface area contributed by atoms with E-state index < -0.39 is 29.0 Å². The van der Waals surface area contributed by atoms with Crippen LogP contribution in [0.15, 0.2) is 59.5 Å². The van der Waals surface area contributed by atoms with E-state index in [1.54, 1.807) is 37.3 Å². The van der Waals surface area contributed by atoms with Crippen LogP contribution in [-0.2, 0) is 14.4 Å². The molecule has 0 heterocycles. The minimum absolute atomic E-state index is 0.00189. The molecule has 34 heavy (non-hydrogen) atoms. The number of hydrogen-bond donors (Lipinski definition) is 4. The highest BCUT2D eigenvalue weighted by molar-refractivity contribution is 8.00. The molecule has 0 saturated heterocycles. The fraction of sp³-hybridized carbons (Fsp3) is 0.250. The summed E-state index contributed by atoms with van der Waals surface area (Å²) in [6.45, 7) is 1.69. The lowest BCUT2D eigenvalue weighted by molar-refractivity contribution is -0.146.